The Bertz CT molecular complexity index is 49.2. The Balaban J connectivity index is 2.65. The summed E-state index contributed by atoms with van der Waals surface area (Å²) in [5.74, 6) is 1.07. The van der Waals surface area contributed by atoms with Gasteiger partial charge in [-0.3, -0.25) is 0 Å². The van der Waals surface area contributed by atoms with E-state index < -0.39 is 0 Å². The topological polar surface area (TPSA) is 0 Å². The van der Waals surface area contributed by atoms with E-state index in [9.17, 15) is 0 Å². The van der Waals surface area contributed by atoms with Crippen LogP contribution in [0.2, 0.25) is 6.04 Å². The number of hydrogen-bond donors (Lipinski definition) is 1. The van der Waals surface area contributed by atoms with Crippen LogP contribution < -0.4 is 0 Å². The van der Waals surface area contributed by atoms with Crippen LogP contribution in [0, 0.1) is 0 Å². The molecule has 0 unspecified atom stereocenters. The van der Waals surface area contributed by atoms with E-state index in [0.29, 0.717) is 0 Å². The molecule has 0 saturated carbocycles. The Morgan fingerprint density at radius 3 is 1.80 bits per heavy atom. The third-order valence-electron chi connectivity index (χ3n) is 1.76. The molecule has 0 aromatic heterocycles. The highest BCUT2D eigenvalue weighted by atomic mass is 32.1. The number of thiol groups is 1. The second-order valence-corrected chi connectivity index (χ2v) is 4.29. The molecule has 0 aliphatic heterocycles. The van der Waals surface area contributed by atoms with Gasteiger partial charge in [-0.2, -0.15) is 12.6 Å². The minimum atomic E-state index is 1.07. The number of hydrogen-bond acceptors (Lipinski definition) is 1. The summed E-state index contributed by atoms with van der Waals surface area (Å²) in [6.07, 6.45) is 8.54. The van der Waals surface area contributed by atoms with E-state index in [0.717, 1.165) is 5.75 Å². The van der Waals surface area contributed by atoms with Gasteiger partial charge < -0.3 is 0 Å². The molecule has 0 aliphatic rings. The summed E-state index contributed by atoms with van der Waals surface area (Å²) in [6.45, 7) is 0. The average Bonchev–Trinajstić information content (AvgIpc) is 1.97. The highest BCUT2D eigenvalue weighted by Gasteiger charge is 1.87. The van der Waals surface area contributed by atoms with E-state index in [1.807, 2.05) is 0 Å². The quantitative estimate of drug-likeness (QED) is 0.343. The molecule has 0 aromatic carbocycles. The zero-order valence-electron chi connectivity index (χ0n) is 7.10. The molecule has 0 rings (SSSR count). The van der Waals surface area contributed by atoms with Crippen molar-refractivity contribution in [2.24, 2.45) is 0 Å². The average molecular weight is 176 g/mol. The molecule has 0 heterocycles. The van der Waals surface area contributed by atoms with E-state index in [4.69, 9.17) is 0 Å². The molecule has 0 fully saturated rings. The van der Waals surface area contributed by atoms with Gasteiger partial charge in [0.1, 0.15) is 0 Å². The normalized spacial score (nSPS) is 10.5. The summed E-state index contributed by atoms with van der Waals surface area (Å²) in [5.41, 5.74) is 0. The Morgan fingerprint density at radius 2 is 1.30 bits per heavy atom. The number of unbranched alkanes of at least 4 members (excludes halogenated alkanes) is 5. The van der Waals surface area contributed by atoms with Gasteiger partial charge in [0.05, 0.1) is 0 Å². The third-order valence-corrected chi connectivity index (χ3v) is 2.79. The molecule has 10 heavy (non-hydrogen) atoms. The lowest BCUT2D eigenvalue weighted by Crippen LogP contribution is -1.80. The predicted molar refractivity (Wildman–Crippen MR) is 56.3 cm³/mol. The van der Waals surface area contributed by atoms with Crippen LogP contribution in [0.1, 0.15) is 38.5 Å². The van der Waals surface area contributed by atoms with Crippen LogP contribution in [-0.4, -0.2) is 16.0 Å². The smallest absolute Gasteiger partial charge is 0.00279 e. The molecule has 2 heteroatoms. The summed E-state index contributed by atoms with van der Waals surface area (Å²) in [7, 11) is 1.40. The van der Waals surface area contributed by atoms with Gasteiger partial charge in [0.25, 0.3) is 0 Å². The van der Waals surface area contributed by atoms with Crippen molar-refractivity contribution in [3.63, 3.8) is 0 Å². The van der Waals surface area contributed by atoms with Gasteiger partial charge in [-0.25, -0.2) is 0 Å². The van der Waals surface area contributed by atoms with E-state index in [-0.39, 0.29) is 0 Å². The first-order chi connectivity index (χ1) is 4.91. The molecule has 0 amide bonds. The fourth-order valence-corrected chi connectivity index (χ4v) is 1.79. The first-order valence-corrected chi connectivity index (χ1v) is 6.57. The molecule has 62 valence electrons. The highest BCUT2D eigenvalue weighted by molar-refractivity contribution is 7.80. The lowest BCUT2D eigenvalue weighted by Gasteiger charge is -1.97. The Kier molecular flexibility index (Phi) is 10.1. The Hall–Kier alpha value is 0.567. The molecular formula is C8H20SSi. The minimum absolute atomic E-state index is 1.07. The van der Waals surface area contributed by atoms with Gasteiger partial charge in [0, 0.05) is 10.2 Å². The van der Waals surface area contributed by atoms with Crippen LogP contribution in [0.25, 0.3) is 0 Å². The van der Waals surface area contributed by atoms with Crippen LogP contribution in [-0.2, 0) is 0 Å². The summed E-state index contributed by atoms with van der Waals surface area (Å²) in [4.78, 5) is 0. The zero-order chi connectivity index (χ0) is 7.66. The Morgan fingerprint density at radius 1 is 0.800 bits per heavy atom. The van der Waals surface area contributed by atoms with E-state index >= 15 is 0 Å². The predicted octanol–water partition coefficient (Wildman–Crippen LogP) is 2.04. The molecule has 0 N–H and O–H groups in total. The molecule has 0 aliphatic carbocycles. The van der Waals surface area contributed by atoms with Gasteiger partial charge in [0.2, 0.25) is 0 Å². The SMILES string of the molecule is [SiH3]CCCCCCCCS. The van der Waals surface area contributed by atoms with E-state index in [1.54, 1.807) is 0 Å². The van der Waals surface area contributed by atoms with Crippen LogP contribution in [0.15, 0.2) is 0 Å². The summed E-state index contributed by atoms with van der Waals surface area (Å²) >= 11 is 4.17. The van der Waals surface area contributed by atoms with Crippen molar-refractivity contribution in [3.8, 4) is 0 Å². The standard InChI is InChI=1S/C8H20SSi/c9-7-5-3-1-2-4-6-8-10/h9H,1-8H2,10H3. The molecule has 0 aromatic rings. The van der Waals surface area contributed by atoms with Gasteiger partial charge in [-0.05, 0) is 12.2 Å². The minimum Gasteiger partial charge on any atom is -0.179 e. The van der Waals surface area contributed by atoms with Gasteiger partial charge in [0.15, 0.2) is 0 Å². The summed E-state index contributed by atoms with van der Waals surface area (Å²) < 4.78 is 0. The molecule has 0 atom stereocenters. The third kappa shape index (κ3) is 8.57. The van der Waals surface area contributed by atoms with E-state index in [2.05, 4.69) is 12.6 Å². The maximum absolute atomic E-state index is 4.17. The van der Waals surface area contributed by atoms with Crippen molar-refractivity contribution in [2.45, 2.75) is 44.6 Å². The highest BCUT2D eigenvalue weighted by Crippen LogP contribution is 2.06. The summed E-state index contributed by atoms with van der Waals surface area (Å²) in [6, 6.07) is 1.49. The lowest BCUT2D eigenvalue weighted by molar-refractivity contribution is 0.627. The van der Waals surface area contributed by atoms with Crippen molar-refractivity contribution in [1.29, 1.82) is 0 Å². The first-order valence-electron chi connectivity index (χ1n) is 4.52. The molecule has 0 saturated heterocycles. The first kappa shape index (κ1) is 10.6. The second kappa shape index (κ2) is 9.57. The van der Waals surface area contributed by atoms with Crippen molar-refractivity contribution in [1.82, 2.24) is 0 Å². The Labute approximate surface area is 73.6 Å². The van der Waals surface area contributed by atoms with Crippen LogP contribution in [0.4, 0.5) is 0 Å². The van der Waals surface area contributed by atoms with Crippen LogP contribution in [0.3, 0.4) is 0 Å². The van der Waals surface area contributed by atoms with Crippen LogP contribution >= 0.6 is 12.6 Å². The molecule has 0 spiro atoms. The van der Waals surface area contributed by atoms with Crippen molar-refractivity contribution in [2.75, 3.05) is 5.75 Å². The van der Waals surface area contributed by atoms with Gasteiger partial charge >= 0.3 is 0 Å². The molecule has 0 bridgehead atoms. The second-order valence-electron chi connectivity index (χ2n) is 2.84. The maximum Gasteiger partial charge on any atom is 0.00279 e. The monoisotopic (exact) mass is 176 g/mol. The largest absolute Gasteiger partial charge is 0.179 e. The van der Waals surface area contributed by atoms with Gasteiger partial charge in [-0.1, -0.05) is 38.1 Å². The van der Waals surface area contributed by atoms with Crippen molar-refractivity contribution >= 4 is 22.9 Å². The number of rotatable bonds is 7. The molecule has 0 radical (unpaired) electrons. The van der Waals surface area contributed by atoms with Crippen molar-refractivity contribution in [3.05, 3.63) is 0 Å². The maximum atomic E-state index is 4.17. The fraction of sp³-hybridized carbons (Fsp3) is 1.00. The lowest BCUT2D eigenvalue weighted by atomic mass is 10.1. The van der Waals surface area contributed by atoms with Crippen molar-refractivity contribution < 1.29 is 0 Å². The van der Waals surface area contributed by atoms with Crippen LogP contribution in [0.5, 0.6) is 0 Å². The molecule has 0 nitrogen and oxygen atoms in total. The van der Waals surface area contributed by atoms with E-state index in [1.165, 1.54) is 54.8 Å². The molecular weight excluding hydrogens is 156 g/mol. The van der Waals surface area contributed by atoms with Gasteiger partial charge in [-0.15, -0.1) is 0 Å². The summed E-state index contributed by atoms with van der Waals surface area (Å²) in [5, 5.41) is 0. The zero-order valence-corrected chi connectivity index (χ0v) is 10.00. The fourth-order valence-electron chi connectivity index (χ4n) is 1.07.